The lowest BCUT2D eigenvalue weighted by molar-refractivity contribution is 0.328. The van der Waals surface area contributed by atoms with Crippen molar-refractivity contribution >= 4 is 76.2 Å². The molecule has 3 aromatic heterocycles. The van der Waals surface area contributed by atoms with Gasteiger partial charge in [0.1, 0.15) is 23.3 Å². The standard InChI is InChI=1S/C52H40N4OS/c1-31-36(34-23-25-39-42-30-35(24-28-46(42)58-47(39)29-34)56-43-21-10-8-17-37(43)38-18-9-11-22-44(38)56)26-27-45-48(31)40-19-12-20-41(49(40)57-45)52-54-50(32-13-4-2-5-14-32)53-51(55-52)33-15-6-3-7-16-33/h2-15,17-31,33,36,50-51,53H,16H2,1H3,(H,54,55). The van der Waals surface area contributed by atoms with Crippen LogP contribution in [0.25, 0.3) is 64.7 Å². The average Bonchev–Trinajstić information content (AvgIpc) is 3.96. The number of aromatic nitrogens is 1. The first-order valence-corrected chi connectivity index (χ1v) is 21.2. The summed E-state index contributed by atoms with van der Waals surface area (Å²) in [5.41, 5.74) is 9.28. The second kappa shape index (κ2) is 13.3. The van der Waals surface area contributed by atoms with Crippen LogP contribution in [0.4, 0.5) is 0 Å². The van der Waals surface area contributed by atoms with Gasteiger partial charge >= 0.3 is 0 Å². The Balaban J connectivity index is 0.897. The van der Waals surface area contributed by atoms with Crippen molar-refractivity contribution in [2.24, 2.45) is 10.9 Å². The number of aliphatic imine (C=N–C) groups is 1. The van der Waals surface area contributed by atoms with E-state index >= 15 is 0 Å². The number of benzene rings is 6. The summed E-state index contributed by atoms with van der Waals surface area (Å²) in [5, 5.41) is 13.9. The minimum absolute atomic E-state index is 0.0195. The highest BCUT2D eigenvalue weighted by atomic mass is 32.1. The Morgan fingerprint density at radius 3 is 2.29 bits per heavy atom. The fourth-order valence-electron chi connectivity index (χ4n) is 9.80. The van der Waals surface area contributed by atoms with Gasteiger partial charge in [0.15, 0.2) is 0 Å². The summed E-state index contributed by atoms with van der Waals surface area (Å²) in [6, 6.07) is 48.6. The summed E-state index contributed by atoms with van der Waals surface area (Å²) >= 11 is 1.89. The van der Waals surface area contributed by atoms with Crippen LogP contribution in [0.3, 0.4) is 0 Å². The fourth-order valence-corrected chi connectivity index (χ4v) is 10.9. The number of furan rings is 1. The SMILES string of the molecule is CC1c2c(oc3c(C4=NC(c5ccccc5)NC(C5C=CC=CC5)N4)cccc23)C=CC1c1ccc2c(c1)sc1ccc(-n3c4ccccc4c4ccccc43)cc12. The average molecular weight is 769 g/mol. The van der Waals surface area contributed by atoms with Crippen LogP contribution in [0.15, 0.2) is 173 Å². The number of hydrogen-bond acceptors (Lipinski definition) is 5. The molecule has 4 heterocycles. The molecule has 0 saturated carbocycles. The molecule has 2 aliphatic carbocycles. The van der Waals surface area contributed by atoms with Crippen LogP contribution in [0.2, 0.25) is 0 Å². The molecule has 5 atom stereocenters. The molecule has 1 aliphatic heterocycles. The van der Waals surface area contributed by atoms with Crippen molar-refractivity contribution in [2.75, 3.05) is 0 Å². The van der Waals surface area contributed by atoms with Crippen molar-refractivity contribution in [1.82, 2.24) is 15.2 Å². The smallest absolute Gasteiger partial charge is 0.146 e. The molecular weight excluding hydrogens is 729 g/mol. The number of fused-ring (bicyclic) bond motifs is 9. The molecule has 0 bridgehead atoms. The molecule has 6 heteroatoms. The van der Waals surface area contributed by atoms with E-state index < -0.39 is 0 Å². The Kier molecular flexibility index (Phi) is 7.72. The predicted molar refractivity (Wildman–Crippen MR) is 242 cm³/mol. The molecule has 280 valence electrons. The van der Waals surface area contributed by atoms with E-state index in [1.54, 1.807) is 0 Å². The first-order chi connectivity index (χ1) is 28.7. The Morgan fingerprint density at radius 1 is 0.690 bits per heavy atom. The van der Waals surface area contributed by atoms with E-state index in [-0.39, 0.29) is 24.2 Å². The van der Waals surface area contributed by atoms with Gasteiger partial charge in [-0.3, -0.25) is 5.32 Å². The fraction of sp³-hybridized carbons (Fsp3) is 0.135. The van der Waals surface area contributed by atoms with Crippen molar-refractivity contribution in [2.45, 2.75) is 37.5 Å². The van der Waals surface area contributed by atoms with Crippen molar-refractivity contribution in [3.63, 3.8) is 0 Å². The quantitative estimate of drug-likeness (QED) is 0.183. The second-order valence-corrected chi connectivity index (χ2v) is 17.0. The van der Waals surface area contributed by atoms with E-state index in [9.17, 15) is 0 Å². The molecule has 9 aromatic rings. The van der Waals surface area contributed by atoms with Crippen LogP contribution >= 0.6 is 11.3 Å². The molecule has 5 unspecified atom stereocenters. The zero-order valence-corrected chi connectivity index (χ0v) is 32.8. The normalized spacial score (nSPS) is 21.6. The van der Waals surface area contributed by atoms with Gasteiger partial charge in [0.25, 0.3) is 0 Å². The molecule has 0 spiro atoms. The maximum absolute atomic E-state index is 6.80. The third-order valence-corrected chi connectivity index (χ3v) is 13.8. The minimum atomic E-state index is -0.172. The monoisotopic (exact) mass is 768 g/mol. The highest BCUT2D eigenvalue weighted by molar-refractivity contribution is 7.25. The Hall–Kier alpha value is -6.47. The molecule has 5 nitrogen and oxygen atoms in total. The summed E-state index contributed by atoms with van der Waals surface area (Å²) in [6.45, 7) is 2.35. The number of amidine groups is 1. The number of rotatable bonds is 5. The molecule has 12 rings (SSSR count). The third-order valence-electron chi connectivity index (χ3n) is 12.6. The zero-order valence-electron chi connectivity index (χ0n) is 32.0. The van der Waals surface area contributed by atoms with Gasteiger partial charge in [-0.2, -0.15) is 0 Å². The molecule has 58 heavy (non-hydrogen) atoms. The number of nitrogens with one attached hydrogen (secondary N) is 2. The lowest BCUT2D eigenvalue weighted by Gasteiger charge is -2.35. The maximum atomic E-state index is 6.80. The van der Waals surface area contributed by atoms with Gasteiger partial charge in [0.05, 0.1) is 22.8 Å². The molecule has 0 amide bonds. The lowest BCUT2D eigenvalue weighted by atomic mass is 9.78. The van der Waals surface area contributed by atoms with E-state index in [2.05, 4.69) is 192 Å². The summed E-state index contributed by atoms with van der Waals surface area (Å²) in [4.78, 5) is 5.27. The first-order valence-electron chi connectivity index (χ1n) is 20.3. The van der Waals surface area contributed by atoms with Crippen LogP contribution in [0.1, 0.15) is 59.4 Å². The third kappa shape index (κ3) is 5.29. The number of para-hydroxylation sites is 3. The molecule has 0 radical (unpaired) electrons. The van der Waals surface area contributed by atoms with Crippen molar-refractivity contribution < 1.29 is 4.42 Å². The molecular formula is C52H40N4OS. The molecule has 0 fully saturated rings. The Labute approximate surface area is 340 Å². The van der Waals surface area contributed by atoms with E-state index in [0.29, 0.717) is 5.92 Å². The lowest BCUT2D eigenvalue weighted by Crippen LogP contribution is -2.54. The highest BCUT2D eigenvalue weighted by Gasteiger charge is 2.33. The molecule has 0 saturated heterocycles. The minimum Gasteiger partial charge on any atom is -0.456 e. The van der Waals surface area contributed by atoms with Gasteiger partial charge in [-0.05, 0) is 72.0 Å². The maximum Gasteiger partial charge on any atom is 0.146 e. The number of nitrogens with zero attached hydrogens (tertiary/aromatic N) is 2. The van der Waals surface area contributed by atoms with Crippen LogP contribution in [-0.2, 0) is 0 Å². The summed E-state index contributed by atoms with van der Waals surface area (Å²) < 4.78 is 11.8. The van der Waals surface area contributed by atoms with E-state index in [4.69, 9.17) is 9.41 Å². The van der Waals surface area contributed by atoms with Crippen molar-refractivity contribution in [1.29, 1.82) is 0 Å². The zero-order chi connectivity index (χ0) is 38.3. The van der Waals surface area contributed by atoms with Gasteiger partial charge in [0.2, 0.25) is 0 Å². The number of thiophene rings is 1. The van der Waals surface area contributed by atoms with Crippen molar-refractivity contribution in [3.8, 4) is 5.69 Å². The molecule has 2 N–H and O–H groups in total. The van der Waals surface area contributed by atoms with Crippen LogP contribution in [0.5, 0.6) is 0 Å². The number of hydrogen-bond donors (Lipinski definition) is 2. The van der Waals surface area contributed by atoms with Crippen LogP contribution in [0, 0.1) is 5.92 Å². The van der Waals surface area contributed by atoms with Gasteiger partial charge in [-0.1, -0.05) is 128 Å². The van der Waals surface area contributed by atoms with Crippen molar-refractivity contribution in [3.05, 3.63) is 192 Å². The molecule has 3 aliphatic rings. The summed E-state index contributed by atoms with van der Waals surface area (Å²) in [5.74, 6) is 2.54. The molecule has 6 aromatic carbocycles. The van der Waals surface area contributed by atoms with Crippen LogP contribution in [-0.4, -0.2) is 16.6 Å². The summed E-state index contributed by atoms with van der Waals surface area (Å²) in [7, 11) is 0. The van der Waals surface area contributed by atoms with Gasteiger partial charge in [-0.25, -0.2) is 4.99 Å². The van der Waals surface area contributed by atoms with E-state index in [1.807, 2.05) is 11.3 Å². The van der Waals surface area contributed by atoms with E-state index in [1.165, 1.54) is 58.8 Å². The second-order valence-electron chi connectivity index (χ2n) is 15.9. The Morgan fingerprint density at radius 2 is 1.48 bits per heavy atom. The van der Waals surface area contributed by atoms with Gasteiger partial charge < -0.3 is 14.3 Å². The number of allylic oxidation sites excluding steroid dienone is 4. The first kappa shape index (κ1) is 33.6. The predicted octanol–water partition coefficient (Wildman–Crippen LogP) is 12.9. The largest absolute Gasteiger partial charge is 0.456 e. The Bertz CT molecular complexity index is 3160. The van der Waals surface area contributed by atoms with Gasteiger partial charge in [-0.15, -0.1) is 11.3 Å². The topological polar surface area (TPSA) is 54.5 Å². The van der Waals surface area contributed by atoms with Gasteiger partial charge in [0, 0.05) is 59.4 Å². The summed E-state index contributed by atoms with van der Waals surface area (Å²) in [6.07, 6.45) is 14.2. The van der Waals surface area contributed by atoms with Crippen LogP contribution < -0.4 is 10.6 Å². The highest BCUT2D eigenvalue weighted by Crippen LogP contribution is 2.47. The van der Waals surface area contributed by atoms with E-state index in [0.717, 1.165) is 40.1 Å².